The average Bonchev–Trinajstić information content (AvgIpc) is 3.38. The van der Waals surface area contributed by atoms with Gasteiger partial charge in [0.05, 0.1) is 0 Å². The average molecular weight is 363 g/mol. The summed E-state index contributed by atoms with van der Waals surface area (Å²) in [6.07, 6.45) is 9.13. The Labute approximate surface area is 156 Å². The lowest BCUT2D eigenvalue weighted by Gasteiger charge is -2.23. The smallest absolute Gasteiger partial charge is 0.283 e. The summed E-state index contributed by atoms with van der Waals surface area (Å²) in [5, 5.41) is 8.80. The molecule has 1 atom stereocenters. The summed E-state index contributed by atoms with van der Waals surface area (Å²) in [6.45, 7) is 3.46. The van der Waals surface area contributed by atoms with Crippen molar-refractivity contribution in [2.24, 2.45) is 7.05 Å². The van der Waals surface area contributed by atoms with Gasteiger partial charge in [-0.25, -0.2) is 4.98 Å². The first kappa shape index (κ1) is 16.3. The van der Waals surface area contributed by atoms with E-state index in [9.17, 15) is 4.79 Å². The number of pyridine rings is 1. The highest BCUT2D eigenvalue weighted by atomic mass is 16.1. The van der Waals surface area contributed by atoms with Crippen molar-refractivity contribution in [2.45, 2.75) is 31.3 Å². The molecule has 1 fully saturated rings. The topological polar surface area (TPSA) is 81.7 Å². The van der Waals surface area contributed by atoms with E-state index in [1.54, 1.807) is 17.0 Å². The normalized spacial score (nSPS) is 21.8. The number of imidazole rings is 1. The maximum Gasteiger partial charge on any atom is 0.283 e. The lowest BCUT2D eigenvalue weighted by atomic mass is 9.85. The molecule has 3 aromatic rings. The first-order chi connectivity index (χ1) is 13.2. The van der Waals surface area contributed by atoms with Crippen LogP contribution in [0.25, 0.3) is 11.5 Å². The summed E-state index contributed by atoms with van der Waals surface area (Å²) in [6, 6.07) is 4.07. The monoisotopic (exact) mass is 363 g/mol. The zero-order valence-electron chi connectivity index (χ0n) is 15.2. The molecule has 0 aliphatic carbocycles. The third-order valence-corrected chi connectivity index (χ3v) is 5.83. The number of nitrogens with zero attached hydrogens (tertiary/aromatic N) is 7. The minimum absolute atomic E-state index is 0.0749. The second-order valence-electron chi connectivity index (χ2n) is 7.54. The molecule has 0 saturated carbocycles. The molecule has 0 amide bonds. The number of hydrogen-bond acceptors (Lipinski definition) is 6. The van der Waals surface area contributed by atoms with Crippen molar-refractivity contribution >= 4 is 0 Å². The quantitative estimate of drug-likeness (QED) is 0.690. The van der Waals surface area contributed by atoms with Gasteiger partial charge in [-0.15, -0.1) is 10.2 Å². The maximum absolute atomic E-state index is 13.0. The van der Waals surface area contributed by atoms with Crippen LogP contribution in [0.1, 0.15) is 24.2 Å². The molecule has 0 bridgehead atoms. The van der Waals surface area contributed by atoms with Crippen LogP contribution in [-0.4, -0.2) is 47.3 Å². The lowest BCUT2D eigenvalue weighted by Crippen LogP contribution is -2.33. The van der Waals surface area contributed by atoms with Gasteiger partial charge in [-0.3, -0.25) is 19.2 Å². The predicted octanol–water partition coefficient (Wildman–Crippen LogP) is 0.981. The second-order valence-corrected chi connectivity index (χ2v) is 7.54. The number of hydrogen-bond donors (Lipinski definition) is 0. The molecule has 5 rings (SSSR count). The fourth-order valence-corrected chi connectivity index (χ4v) is 4.42. The van der Waals surface area contributed by atoms with Crippen molar-refractivity contribution in [1.29, 1.82) is 0 Å². The summed E-state index contributed by atoms with van der Waals surface area (Å²) in [5.74, 6) is 1.40. The van der Waals surface area contributed by atoms with Crippen molar-refractivity contribution < 1.29 is 0 Å². The minimum Gasteiger partial charge on any atom is -0.333 e. The summed E-state index contributed by atoms with van der Waals surface area (Å²) in [7, 11) is 1.86. The molecule has 1 spiro atoms. The van der Waals surface area contributed by atoms with Gasteiger partial charge in [-0.1, -0.05) is 6.07 Å². The van der Waals surface area contributed by atoms with Gasteiger partial charge < -0.3 is 4.57 Å². The van der Waals surface area contributed by atoms with Gasteiger partial charge in [0.15, 0.2) is 11.5 Å². The van der Waals surface area contributed by atoms with Crippen LogP contribution in [0.4, 0.5) is 0 Å². The van der Waals surface area contributed by atoms with Gasteiger partial charge >= 0.3 is 0 Å². The predicted molar refractivity (Wildman–Crippen MR) is 98.9 cm³/mol. The Bertz CT molecular complexity index is 1040. The molecule has 27 heavy (non-hydrogen) atoms. The molecule has 5 heterocycles. The van der Waals surface area contributed by atoms with Crippen molar-refractivity contribution in [3.05, 3.63) is 58.7 Å². The number of fused-ring (bicyclic) bond motifs is 2. The highest BCUT2D eigenvalue weighted by Gasteiger charge is 2.47. The highest BCUT2D eigenvalue weighted by molar-refractivity contribution is 5.47. The molecular formula is C19H21N7O. The number of aryl methyl sites for hydroxylation is 1. The molecule has 2 aliphatic heterocycles. The molecule has 0 N–H and O–H groups in total. The van der Waals surface area contributed by atoms with Gasteiger partial charge in [-0.2, -0.15) is 0 Å². The van der Waals surface area contributed by atoms with Crippen LogP contribution < -0.4 is 5.56 Å². The Morgan fingerprint density at radius 3 is 2.85 bits per heavy atom. The number of likely N-dealkylation sites (tertiary alicyclic amines) is 1. The van der Waals surface area contributed by atoms with Crippen molar-refractivity contribution in [2.75, 3.05) is 13.1 Å². The van der Waals surface area contributed by atoms with Gasteiger partial charge in [0.1, 0.15) is 5.82 Å². The lowest BCUT2D eigenvalue weighted by molar-refractivity contribution is 0.299. The summed E-state index contributed by atoms with van der Waals surface area (Å²) < 4.78 is 3.61. The van der Waals surface area contributed by atoms with Gasteiger partial charge in [0.25, 0.3) is 5.56 Å². The molecule has 0 radical (unpaired) electrons. The molecule has 8 nitrogen and oxygen atoms in total. The first-order valence-electron chi connectivity index (χ1n) is 9.23. The SMILES string of the molecule is Cn1ccnc1-c1nnc2n(c1=O)CCC21CCN(Cc2cccnc2)C1. The van der Waals surface area contributed by atoms with Crippen LogP contribution in [-0.2, 0) is 25.6 Å². The zero-order valence-corrected chi connectivity index (χ0v) is 15.2. The van der Waals surface area contributed by atoms with Crippen LogP contribution in [0.5, 0.6) is 0 Å². The Kier molecular flexibility index (Phi) is 3.68. The van der Waals surface area contributed by atoms with Crippen molar-refractivity contribution in [3.8, 4) is 11.5 Å². The van der Waals surface area contributed by atoms with Crippen LogP contribution >= 0.6 is 0 Å². The zero-order chi connectivity index (χ0) is 18.4. The van der Waals surface area contributed by atoms with Gasteiger partial charge in [-0.05, 0) is 31.0 Å². The Balaban J connectivity index is 1.45. The molecule has 1 unspecified atom stereocenters. The molecule has 8 heteroatoms. The van der Waals surface area contributed by atoms with Crippen LogP contribution in [0.15, 0.2) is 41.7 Å². The van der Waals surface area contributed by atoms with Gasteiger partial charge in [0.2, 0.25) is 0 Å². The third-order valence-electron chi connectivity index (χ3n) is 5.83. The summed E-state index contributed by atoms with van der Waals surface area (Å²) in [5.41, 5.74) is 1.38. The van der Waals surface area contributed by atoms with E-state index in [1.165, 1.54) is 5.56 Å². The van der Waals surface area contributed by atoms with Crippen LogP contribution in [0.2, 0.25) is 0 Å². The van der Waals surface area contributed by atoms with Crippen LogP contribution in [0.3, 0.4) is 0 Å². The molecule has 138 valence electrons. The van der Waals surface area contributed by atoms with E-state index in [0.29, 0.717) is 18.1 Å². The molecule has 2 aliphatic rings. The highest BCUT2D eigenvalue weighted by Crippen LogP contribution is 2.41. The molecule has 1 saturated heterocycles. The molecule has 0 aromatic carbocycles. The fraction of sp³-hybridized carbons (Fsp3) is 0.421. The van der Waals surface area contributed by atoms with E-state index in [0.717, 1.165) is 38.3 Å². The van der Waals surface area contributed by atoms with Crippen molar-refractivity contribution in [3.63, 3.8) is 0 Å². The standard InChI is InChI=1S/C19H21N7O/c1-24-10-7-21-16(24)15-17(27)26-9-5-19(18(26)23-22-15)4-8-25(13-19)12-14-3-2-6-20-11-14/h2-3,6-7,10-11H,4-5,8-9,12-13H2,1H3. The number of aromatic nitrogens is 6. The number of rotatable bonds is 3. The Hall–Kier alpha value is -2.87. The molecular weight excluding hydrogens is 342 g/mol. The summed E-state index contributed by atoms with van der Waals surface area (Å²) in [4.78, 5) is 23.9. The first-order valence-corrected chi connectivity index (χ1v) is 9.23. The minimum atomic E-state index is -0.0862. The Morgan fingerprint density at radius 1 is 1.19 bits per heavy atom. The summed E-state index contributed by atoms with van der Waals surface area (Å²) >= 11 is 0. The van der Waals surface area contributed by atoms with E-state index < -0.39 is 0 Å². The molecule has 3 aromatic heterocycles. The van der Waals surface area contributed by atoms with E-state index in [2.05, 4.69) is 31.1 Å². The largest absolute Gasteiger partial charge is 0.333 e. The van der Waals surface area contributed by atoms with Crippen molar-refractivity contribution in [1.82, 2.24) is 34.2 Å². The fourth-order valence-electron chi connectivity index (χ4n) is 4.42. The van der Waals surface area contributed by atoms with Gasteiger partial charge in [0, 0.05) is 56.9 Å². The Morgan fingerprint density at radius 2 is 2.07 bits per heavy atom. The second kappa shape index (κ2) is 6.09. The third kappa shape index (κ3) is 2.59. The van der Waals surface area contributed by atoms with Crippen LogP contribution in [0, 0.1) is 0 Å². The van der Waals surface area contributed by atoms with E-state index in [4.69, 9.17) is 0 Å². The van der Waals surface area contributed by atoms with E-state index in [1.807, 2.05) is 30.1 Å². The maximum atomic E-state index is 13.0. The van der Waals surface area contributed by atoms with E-state index >= 15 is 0 Å². The van der Waals surface area contributed by atoms with E-state index in [-0.39, 0.29) is 11.0 Å².